The number of carbonyl (C=O) groups is 1. The Hall–Kier alpha value is -3.23. The molecular formula is C23H20F4N4O5S. The third-order valence-corrected chi connectivity index (χ3v) is 7.88. The third kappa shape index (κ3) is 4.22. The Kier molecular flexibility index (Phi) is 5.47. The van der Waals surface area contributed by atoms with Gasteiger partial charge in [0.15, 0.2) is 16.6 Å². The molecule has 196 valence electrons. The minimum Gasteiger partial charge on any atom is -0.395 e. The molecule has 0 bridgehead atoms. The maximum absolute atomic E-state index is 15.0. The van der Waals surface area contributed by atoms with Crippen LogP contribution in [0.1, 0.15) is 36.0 Å². The highest BCUT2D eigenvalue weighted by atomic mass is 32.1. The number of aromatic nitrogens is 2. The molecule has 3 aliphatic rings. The van der Waals surface area contributed by atoms with Gasteiger partial charge in [0.25, 0.3) is 11.5 Å². The second kappa shape index (κ2) is 8.39. The molecule has 9 nitrogen and oxygen atoms in total. The number of rotatable bonds is 4. The van der Waals surface area contributed by atoms with Gasteiger partial charge in [-0.15, -0.1) is 8.78 Å². The van der Waals surface area contributed by atoms with Crippen molar-refractivity contribution in [3.8, 4) is 11.5 Å². The van der Waals surface area contributed by atoms with Crippen molar-refractivity contribution in [3.63, 3.8) is 0 Å². The molecule has 1 saturated heterocycles. The number of thiazole rings is 1. The number of likely N-dealkylation sites (tertiary alicyclic amines) is 1. The van der Waals surface area contributed by atoms with E-state index in [2.05, 4.69) is 24.8 Å². The van der Waals surface area contributed by atoms with Gasteiger partial charge in [0.1, 0.15) is 0 Å². The van der Waals surface area contributed by atoms with E-state index in [4.69, 9.17) is 4.74 Å². The number of anilines is 1. The fourth-order valence-corrected chi connectivity index (χ4v) is 5.80. The molecule has 3 aliphatic heterocycles. The monoisotopic (exact) mass is 540 g/mol. The van der Waals surface area contributed by atoms with Gasteiger partial charge in [-0.25, -0.2) is 13.8 Å². The molecule has 5 heterocycles. The number of amides is 1. The number of benzene rings is 1. The van der Waals surface area contributed by atoms with Crippen molar-refractivity contribution in [2.75, 3.05) is 18.4 Å². The molecule has 1 aromatic carbocycles. The molecule has 0 radical (unpaired) electrons. The highest BCUT2D eigenvalue weighted by molar-refractivity contribution is 7.22. The molecule has 1 amide bonds. The van der Waals surface area contributed by atoms with Crippen LogP contribution in [0, 0.1) is 0 Å². The van der Waals surface area contributed by atoms with E-state index in [1.54, 1.807) is 11.8 Å². The van der Waals surface area contributed by atoms with Crippen LogP contribution in [0.3, 0.4) is 0 Å². The van der Waals surface area contributed by atoms with Crippen molar-refractivity contribution < 1.29 is 36.6 Å². The number of H-pyrrole nitrogens is 1. The first-order chi connectivity index (χ1) is 17.5. The van der Waals surface area contributed by atoms with Crippen molar-refractivity contribution in [3.05, 3.63) is 45.4 Å². The van der Waals surface area contributed by atoms with Crippen molar-refractivity contribution in [2.45, 2.75) is 50.7 Å². The second-order valence-electron chi connectivity index (χ2n) is 9.20. The minimum absolute atomic E-state index is 0.00438. The second-order valence-corrected chi connectivity index (χ2v) is 10.2. The fourth-order valence-electron chi connectivity index (χ4n) is 4.92. The van der Waals surface area contributed by atoms with Crippen LogP contribution in [0.25, 0.3) is 10.2 Å². The van der Waals surface area contributed by atoms with E-state index in [0.29, 0.717) is 26.9 Å². The Morgan fingerprint density at radius 2 is 1.95 bits per heavy atom. The number of halogens is 4. The number of nitrogens with one attached hydrogen (secondary N) is 2. The lowest BCUT2D eigenvalue weighted by molar-refractivity contribution is -0.286. The van der Waals surface area contributed by atoms with Gasteiger partial charge in [-0.2, -0.15) is 0 Å². The van der Waals surface area contributed by atoms with E-state index in [1.165, 1.54) is 18.3 Å². The highest BCUT2D eigenvalue weighted by Gasteiger charge is 2.48. The smallest absolute Gasteiger partial charge is 0.395 e. The van der Waals surface area contributed by atoms with E-state index in [1.807, 2.05) is 0 Å². The maximum atomic E-state index is 15.0. The summed E-state index contributed by atoms with van der Waals surface area (Å²) in [6, 6.07) is 1.88. The van der Waals surface area contributed by atoms with Crippen LogP contribution < -0.4 is 20.3 Å². The van der Waals surface area contributed by atoms with Gasteiger partial charge >= 0.3 is 6.29 Å². The Bertz CT molecular complexity index is 1430. The molecule has 2 atom stereocenters. The summed E-state index contributed by atoms with van der Waals surface area (Å²) in [5.41, 5.74) is 1.15. The predicted octanol–water partition coefficient (Wildman–Crippen LogP) is 3.79. The lowest BCUT2D eigenvalue weighted by Crippen LogP contribution is -2.52. The molecule has 37 heavy (non-hydrogen) atoms. The predicted molar refractivity (Wildman–Crippen MR) is 123 cm³/mol. The summed E-state index contributed by atoms with van der Waals surface area (Å²) in [4.78, 5) is 33.5. The fraction of sp³-hybridized carbons (Fsp3) is 0.435. The molecule has 14 heteroatoms. The number of hydrogen-bond donors (Lipinski definition) is 2. The summed E-state index contributed by atoms with van der Waals surface area (Å²) < 4.78 is 71.4. The Morgan fingerprint density at radius 1 is 1.22 bits per heavy atom. The normalized spacial score (nSPS) is 22.7. The van der Waals surface area contributed by atoms with Crippen molar-refractivity contribution in [2.24, 2.45) is 0 Å². The van der Waals surface area contributed by atoms with Gasteiger partial charge in [-0.1, -0.05) is 11.3 Å². The van der Waals surface area contributed by atoms with Crippen molar-refractivity contribution >= 4 is 32.6 Å². The molecule has 1 fully saturated rings. The largest absolute Gasteiger partial charge is 0.586 e. The van der Waals surface area contributed by atoms with Crippen molar-refractivity contribution in [1.82, 2.24) is 14.9 Å². The number of alkyl halides is 4. The first-order valence-electron chi connectivity index (χ1n) is 11.4. The zero-order valence-electron chi connectivity index (χ0n) is 19.3. The number of piperidine rings is 1. The lowest BCUT2D eigenvalue weighted by Gasteiger charge is -2.41. The number of fused-ring (bicyclic) bond motifs is 3. The molecular weight excluding hydrogens is 520 g/mol. The van der Waals surface area contributed by atoms with Gasteiger partial charge < -0.3 is 24.5 Å². The summed E-state index contributed by atoms with van der Waals surface area (Å²) in [6.45, 7) is 1.67. The summed E-state index contributed by atoms with van der Waals surface area (Å²) >= 11 is 1.06. The van der Waals surface area contributed by atoms with Gasteiger partial charge in [0.2, 0.25) is 5.91 Å². The van der Waals surface area contributed by atoms with E-state index in [0.717, 1.165) is 11.3 Å². The zero-order chi connectivity index (χ0) is 26.1. The van der Waals surface area contributed by atoms with Crippen LogP contribution in [0.4, 0.5) is 22.7 Å². The van der Waals surface area contributed by atoms with Gasteiger partial charge in [-0.05, 0) is 18.1 Å². The zero-order valence-corrected chi connectivity index (χ0v) is 20.1. The number of ether oxygens (including phenoxy) is 3. The molecule has 0 saturated carbocycles. The van der Waals surface area contributed by atoms with Crippen LogP contribution >= 0.6 is 11.3 Å². The number of pyridine rings is 1. The van der Waals surface area contributed by atoms with Crippen LogP contribution in [-0.2, 0) is 22.7 Å². The molecule has 0 spiro atoms. The molecule has 6 rings (SSSR count). The van der Waals surface area contributed by atoms with Crippen LogP contribution in [0.15, 0.2) is 23.1 Å². The average Bonchev–Trinajstić information content (AvgIpc) is 3.53. The number of hydrogen-bond acceptors (Lipinski definition) is 8. The third-order valence-electron chi connectivity index (χ3n) is 6.94. The molecule has 3 aromatic rings. The Labute approximate surface area is 210 Å². The lowest BCUT2D eigenvalue weighted by atomic mass is 9.84. The van der Waals surface area contributed by atoms with Gasteiger partial charge in [0, 0.05) is 43.4 Å². The van der Waals surface area contributed by atoms with Crippen LogP contribution in [0.5, 0.6) is 11.5 Å². The van der Waals surface area contributed by atoms with E-state index >= 15 is 8.78 Å². The first-order valence-corrected chi connectivity index (χ1v) is 12.3. The summed E-state index contributed by atoms with van der Waals surface area (Å²) in [5, 5.41) is 2.91. The van der Waals surface area contributed by atoms with Crippen LogP contribution in [-0.4, -0.2) is 52.1 Å². The summed E-state index contributed by atoms with van der Waals surface area (Å²) in [6.07, 6.45) is -2.88. The molecule has 2 aromatic heterocycles. The average molecular weight is 540 g/mol. The number of carbonyl (C=O) groups excluding carboxylic acids is 1. The Morgan fingerprint density at radius 3 is 2.73 bits per heavy atom. The molecule has 2 N–H and O–H groups in total. The van der Waals surface area contributed by atoms with Crippen LogP contribution in [0.2, 0.25) is 0 Å². The Balaban J connectivity index is 1.19. The highest BCUT2D eigenvalue weighted by Crippen LogP contribution is 2.45. The van der Waals surface area contributed by atoms with Gasteiger partial charge in [0.05, 0.1) is 35.4 Å². The van der Waals surface area contributed by atoms with Gasteiger partial charge in [-0.3, -0.25) is 14.5 Å². The quantitative estimate of drug-likeness (QED) is 0.485. The first kappa shape index (κ1) is 24.1. The number of nitrogens with zero attached hydrogens (tertiary/aromatic N) is 2. The van der Waals surface area contributed by atoms with Crippen molar-refractivity contribution in [1.29, 1.82) is 0 Å². The van der Waals surface area contributed by atoms with E-state index < -0.39 is 36.5 Å². The maximum Gasteiger partial charge on any atom is 0.586 e. The summed E-state index contributed by atoms with van der Waals surface area (Å²) in [7, 11) is 0. The SMILES string of the molecule is C[C@@H](C(=O)Nc1nc2cc3c(cc2s1)OC(F)(F)O3)N1CCC(F)(F)C(c2c[nH]c(=O)c3c2COC3)C1. The molecule has 1 unspecified atom stereocenters. The van der Waals surface area contributed by atoms with E-state index in [-0.39, 0.29) is 48.5 Å². The standard InChI is InChI=1S/C23H20F4N4O5S/c1-10(19(32)30-21-29-15-4-16-17(5-18(15)37-21)36-23(26,27)35-16)31-3-2-22(24,25)14(7-31)11-6-28-20(33)13-9-34-8-12(11)13/h4-6,10,14H,2-3,7-9H2,1H3,(H,28,33)(H,29,30,32)/t10-,14?/m0/s1. The number of aromatic amines is 1. The topological polar surface area (TPSA) is 106 Å². The summed E-state index contributed by atoms with van der Waals surface area (Å²) in [5.74, 6) is -5.01. The molecule has 0 aliphatic carbocycles. The van der Waals surface area contributed by atoms with E-state index in [9.17, 15) is 18.4 Å². The minimum atomic E-state index is -3.75.